The molecule has 0 saturated carbocycles. The number of imidazole rings is 1. The number of hydrogen-bond acceptors (Lipinski definition) is 6. The van der Waals surface area contributed by atoms with E-state index >= 15 is 0 Å². The Labute approximate surface area is 136 Å². The van der Waals surface area contributed by atoms with Gasteiger partial charge in [-0.3, -0.25) is 0 Å². The van der Waals surface area contributed by atoms with Gasteiger partial charge in [-0.2, -0.15) is 9.97 Å². The van der Waals surface area contributed by atoms with Gasteiger partial charge in [-0.15, -0.1) is 0 Å². The van der Waals surface area contributed by atoms with Gasteiger partial charge in [0.1, 0.15) is 11.3 Å². The number of H-pyrrole nitrogens is 1. The normalized spacial score (nSPS) is 10.8. The Morgan fingerprint density at radius 3 is 2.81 bits per heavy atom. The highest BCUT2D eigenvalue weighted by atomic mass is 79.9. The van der Waals surface area contributed by atoms with E-state index in [4.69, 9.17) is 10.5 Å². The van der Waals surface area contributed by atoms with E-state index in [1.807, 2.05) is 12.1 Å². The predicted octanol–water partition coefficient (Wildman–Crippen LogP) is 3.21. The van der Waals surface area contributed by atoms with E-state index in [1.54, 1.807) is 13.4 Å². The molecule has 0 amide bonds. The molecule has 2 heterocycles. The summed E-state index contributed by atoms with van der Waals surface area (Å²) in [6, 6.07) is 3.73. The van der Waals surface area contributed by atoms with Crippen LogP contribution in [0, 0.1) is 0 Å². The van der Waals surface area contributed by atoms with Gasteiger partial charge in [0.2, 0.25) is 5.95 Å². The molecule has 3 aromatic rings. The van der Waals surface area contributed by atoms with Crippen molar-refractivity contribution < 1.29 is 4.74 Å². The van der Waals surface area contributed by atoms with Crippen molar-refractivity contribution in [3.05, 3.63) is 27.4 Å². The van der Waals surface area contributed by atoms with Crippen LogP contribution in [0.1, 0.15) is 0 Å². The van der Waals surface area contributed by atoms with Crippen molar-refractivity contribution in [3.63, 3.8) is 0 Å². The highest BCUT2D eigenvalue weighted by molar-refractivity contribution is 9.11. The average molecular weight is 414 g/mol. The van der Waals surface area contributed by atoms with E-state index in [-0.39, 0.29) is 5.95 Å². The fourth-order valence-corrected chi connectivity index (χ4v) is 3.10. The summed E-state index contributed by atoms with van der Waals surface area (Å²) in [5.74, 6) is 1.39. The van der Waals surface area contributed by atoms with Crippen LogP contribution in [-0.2, 0) is 0 Å². The van der Waals surface area contributed by atoms with Crippen molar-refractivity contribution in [2.45, 2.75) is 0 Å². The van der Waals surface area contributed by atoms with Gasteiger partial charge in [0.15, 0.2) is 11.5 Å². The van der Waals surface area contributed by atoms with E-state index in [1.165, 1.54) is 0 Å². The van der Waals surface area contributed by atoms with Crippen LogP contribution in [0.15, 0.2) is 27.4 Å². The van der Waals surface area contributed by atoms with Crippen LogP contribution in [0.2, 0.25) is 0 Å². The molecule has 0 spiro atoms. The van der Waals surface area contributed by atoms with E-state index in [9.17, 15) is 0 Å². The van der Waals surface area contributed by atoms with E-state index in [0.29, 0.717) is 22.7 Å². The average Bonchev–Trinajstić information content (AvgIpc) is 2.89. The highest BCUT2D eigenvalue weighted by Gasteiger charge is 2.12. The quantitative estimate of drug-likeness (QED) is 0.609. The minimum Gasteiger partial charge on any atom is -0.495 e. The van der Waals surface area contributed by atoms with Crippen molar-refractivity contribution in [1.29, 1.82) is 0 Å². The Balaban J connectivity index is 2.08. The number of nitrogens with zero attached hydrogens (tertiary/aromatic N) is 3. The minimum atomic E-state index is 0.150. The lowest BCUT2D eigenvalue weighted by Crippen LogP contribution is -2.02. The first kappa shape index (κ1) is 14.1. The van der Waals surface area contributed by atoms with Crippen LogP contribution in [0.4, 0.5) is 17.5 Å². The highest BCUT2D eigenvalue weighted by Crippen LogP contribution is 2.36. The number of methoxy groups -OCH3 is 1. The maximum absolute atomic E-state index is 5.70. The maximum atomic E-state index is 5.70. The van der Waals surface area contributed by atoms with Crippen LogP contribution < -0.4 is 15.8 Å². The van der Waals surface area contributed by atoms with Gasteiger partial charge in [0.05, 0.1) is 23.6 Å². The lowest BCUT2D eigenvalue weighted by Gasteiger charge is -2.12. The number of rotatable bonds is 3. The van der Waals surface area contributed by atoms with Gasteiger partial charge in [-0.1, -0.05) is 0 Å². The molecule has 0 radical (unpaired) electrons. The van der Waals surface area contributed by atoms with Crippen molar-refractivity contribution in [2.75, 3.05) is 18.2 Å². The Bertz CT molecular complexity index is 819. The Morgan fingerprint density at radius 2 is 2.05 bits per heavy atom. The number of anilines is 3. The van der Waals surface area contributed by atoms with Gasteiger partial charge >= 0.3 is 0 Å². The number of ether oxygens (including phenoxy) is 1. The predicted molar refractivity (Wildman–Crippen MR) is 87.8 cm³/mol. The third-order valence-corrected chi connectivity index (χ3v) is 4.07. The maximum Gasteiger partial charge on any atom is 0.224 e. The lowest BCUT2D eigenvalue weighted by atomic mass is 10.3. The number of halogens is 2. The number of hydrogen-bond donors (Lipinski definition) is 3. The number of fused-ring (bicyclic) bond motifs is 1. The summed E-state index contributed by atoms with van der Waals surface area (Å²) >= 11 is 6.92. The molecule has 0 unspecified atom stereocenters. The van der Waals surface area contributed by atoms with Crippen molar-refractivity contribution in [2.24, 2.45) is 0 Å². The Hall–Kier alpha value is -1.87. The second-order valence-electron chi connectivity index (χ2n) is 4.12. The summed E-state index contributed by atoms with van der Waals surface area (Å²) in [7, 11) is 1.60. The summed E-state index contributed by atoms with van der Waals surface area (Å²) in [6.07, 6.45) is 1.54. The van der Waals surface area contributed by atoms with Crippen molar-refractivity contribution >= 4 is 60.5 Å². The third kappa shape index (κ3) is 2.66. The number of nitrogens with two attached hydrogens (primary N) is 1. The molecule has 108 valence electrons. The summed E-state index contributed by atoms with van der Waals surface area (Å²) in [5.41, 5.74) is 7.66. The molecular formula is C12H10Br2N6O. The van der Waals surface area contributed by atoms with Crippen molar-refractivity contribution in [3.8, 4) is 5.75 Å². The summed E-state index contributed by atoms with van der Waals surface area (Å²) in [4.78, 5) is 15.3. The second kappa shape index (κ2) is 5.49. The SMILES string of the molecule is COc1cc(Nc2nc(N)nc3nc[nH]c23)c(Br)cc1Br. The monoisotopic (exact) mass is 412 g/mol. The van der Waals surface area contributed by atoms with Gasteiger partial charge in [-0.05, 0) is 37.9 Å². The first-order valence-corrected chi connectivity index (χ1v) is 7.43. The molecule has 21 heavy (non-hydrogen) atoms. The molecule has 0 atom stereocenters. The molecule has 0 aliphatic heterocycles. The number of nitrogen functional groups attached to an aromatic ring is 1. The van der Waals surface area contributed by atoms with Gasteiger partial charge < -0.3 is 20.8 Å². The van der Waals surface area contributed by atoms with E-state index < -0.39 is 0 Å². The minimum absolute atomic E-state index is 0.150. The number of nitrogens with one attached hydrogen (secondary N) is 2. The third-order valence-electron chi connectivity index (χ3n) is 2.80. The van der Waals surface area contributed by atoms with Crippen LogP contribution in [0.25, 0.3) is 11.2 Å². The van der Waals surface area contributed by atoms with Gasteiger partial charge in [0, 0.05) is 10.5 Å². The van der Waals surface area contributed by atoms with Crippen molar-refractivity contribution in [1.82, 2.24) is 19.9 Å². The number of aromatic amines is 1. The number of benzene rings is 1. The summed E-state index contributed by atoms with van der Waals surface area (Å²) in [5, 5.41) is 3.19. The van der Waals surface area contributed by atoms with E-state index in [2.05, 4.69) is 57.1 Å². The molecule has 4 N–H and O–H groups in total. The first-order valence-electron chi connectivity index (χ1n) is 5.85. The molecule has 0 aliphatic carbocycles. The number of aromatic nitrogens is 4. The Kier molecular flexibility index (Phi) is 3.68. The Morgan fingerprint density at radius 1 is 1.24 bits per heavy atom. The fourth-order valence-electron chi connectivity index (χ4n) is 1.85. The topological polar surface area (TPSA) is 102 Å². The zero-order chi connectivity index (χ0) is 15.0. The molecule has 0 bridgehead atoms. The van der Waals surface area contributed by atoms with E-state index in [0.717, 1.165) is 14.6 Å². The van der Waals surface area contributed by atoms with Crippen LogP contribution in [0.5, 0.6) is 5.75 Å². The van der Waals surface area contributed by atoms with Crippen LogP contribution in [-0.4, -0.2) is 27.0 Å². The standard InChI is InChI=1S/C12H10Br2N6O/c1-21-8-3-7(5(13)2-6(8)14)18-11-9-10(17-4-16-9)19-12(15)20-11/h2-4H,1H3,(H4,15,16,17,18,19,20). The zero-order valence-electron chi connectivity index (χ0n) is 10.8. The fraction of sp³-hybridized carbons (Fsp3) is 0.0833. The molecule has 0 fully saturated rings. The smallest absolute Gasteiger partial charge is 0.224 e. The molecule has 3 rings (SSSR count). The largest absolute Gasteiger partial charge is 0.495 e. The van der Waals surface area contributed by atoms with Crippen LogP contribution >= 0.6 is 31.9 Å². The molecule has 1 aromatic carbocycles. The molecular weight excluding hydrogens is 404 g/mol. The van der Waals surface area contributed by atoms with Gasteiger partial charge in [0.25, 0.3) is 0 Å². The molecule has 0 saturated heterocycles. The molecule has 0 aliphatic rings. The summed E-state index contributed by atoms with van der Waals surface area (Å²) < 4.78 is 6.98. The molecule has 9 heteroatoms. The molecule has 7 nitrogen and oxygen atoms in total. The second-order valence-corrected chi connectivity index (χ2v) is 5.83. The summed E-state index contributed by atoms with van der Waals surface area (Å²) in [6.45, 7) is 0. The molecule has 2 aromatic heterocycles. The first-order chi connectivity index (χ1) is 10.1. The van der Waals surface area contributed by atoms with Crippen LogP contribution in [0.3, 0.4) is 0 Å². The zero-order valence-corrected chi connectivity index (χ0v) is 14.0. The lowest BCUT2D eigenvalue weighted by molar-refractivity contribution is 0.412. The van der Waals surface area contributed by atoms with Gasteiger partial charge in [-0.25, -0.2) is 4.98 Å².